The van der Waals surface area contributed by atoms with Crippen LogP contribution in [0.25, 0.3) is 0 Å². The average molecular weight is 250 g/mol. The lowest BCUT2D eigenvalue weighted by molar-refractivity contribution is -0.385. The van der Waals surface area contributed by atoms with Gasteiger partial charge in [-0.05, 0) is 31.9 Å². The van der Waals surface area contributed by atoms with Gasteiger partial charge in [-0.1, -0.05) is 26.7 Å². The fourth-order valence-corrected chi connectivity index (χ4v) is 2.33. The maximum absolute atomic E-state index is 10.7. The molecule has 1 N–H and O–H groups in total. The molecule has 4 nitrogen and oxygen atoms in total. The number of hydrogen-bond acceptors (Lipinski definition) is 3. The van der Waals surface area contributed by atoms with E-state index in [2.05, 4.69) is 26.1 Å². The number of rotatable bonds is 6. The zero-order chi connectivity index (χ0) is 13.7. The van der Waals surface area contributed by atoms with Gasteiger partial charge in [0.25, 0.3) is 5.69 Å². The summed E-state index contributed by atoms with van der Waals surface area (Å²) < 4.78 is 0. The number of anilines is 1. The van der Waals surface area contributed by atoms with Crippen LogP contribution in [0, 0.1) is 23.0 Å². The molecule has 0 spiro atoms. The third-order valence-electron chi connectivity index (χ3n) is 3.54. The van der Waals surface area contributed by atoms with Gasteiger partial charge in [0, 0.05) is 23.4 Å². The van der Waals surface area contributed by atoms with Crippen LogP contribution >= 0.6 is 0 Å². The van der Waals surface area contributed by atoms with E-state index < -0.39 is 0 Å². The average Bonchev–Trinajstić information content (AvgIpc) is 2.30. The minimum atomic E-state index is -0.344. The molecule has 0 aliphatic heterocycles. The number of nitrogens with zero attached hydrogens (tertiary/aromatic N) is 1. The van der Waals surface area contributed by atoms with Crippen molar-refractivity contribution in [1.82, 2.24) is 0 Å². The molecule has 1 aromatic carbocycles. The fraction of sp³-hybridized carbons (Fsp3) is 0.571. The van der Waals surface area contributed by atoms with Crippen molar-refractivity contribution in [2.24, 2.45) is 5.92 Å². The Balaban J connectivity index is 2.80. The van der Waals surface area contributed by atoms with Gasteiger partial charge < -0.3 is 5.32 Å². The van der Waals surface area contributed by atoms with Gasteiger partial charge >= 0.3 is 0 Å². The zero-order valence-corrected chi connectivity index (χ0v) is 11.6. The van der Waals surface area contributed by atoms with E-state index in [1.807, 2.05) is 6.07 Å². The summed E-state index contributed by atoms with van der Waals surface area (Å²) in [5.74, 6) is 0.625. The van der Waals surface area contributed by atoms with Crippen molar-refractivity contribution in [3.05, 3.63) is 33.9 Å². The number of nitrogens with one attached hydrogen (secondary N) is 1. The van der Waals surface area contributed by atoms with Gasteiger partial charge in [0.05, 0.1) is 4.92 Å². The standard InChI is InChI=1S/C14H22N2O2/c1-5-12(6-2)11(4)15-13-7-8-14(16(17)18)10(3)9-13/h7-9,11-12,15H,5-6H2,1-4H3. The predicted octanol–water partition coefficient (Wildman–Crippen LogP) is 4.14. The molecule has 1 atom stereocenters. The summed E-state index contributed by atoms with van der Waals surface area (Å²) in [5.41, 5.74) is 1.83. The highest BCUT2D eigenvalue weighted by Gasteiger charge is 2.15. The van der Waals surface area contributed by atoms with Crippen molar-refractivity contribution in [2.75, 3.05) is 5.32 Å². The smallest absolute Gasteiger partial charge is 0.272 e. The van der Waals surface area contributed by atoms with E-state index in [0.717, 1.165) is 18.5 Å². The van der Waals surface area contributed by atoms with Crippen LogP contribution < -0.4 is 5.32 Å². The SMILES string of the molecule is CCC(CC)C(C)Nc1ccc([N+](=O)[O-])c(C)c1. The van der Waals surface area contributed by atoms with Crippen LogP contribution in [0.5, 0.6) is 0 Å². The summed E-state index contributed by atoms with van der Waals surface area (Å²) in [7, 11) is 0. The normalized spacial score (nSPS) is 12.5. The third kappa shape index (κ3) is 3.45. The van der Waals surface area contributed by atoms with E-state index in [1.165, 1.54) is 0 Å². The van der Waals surface area contributed by atoms with Gasteiger partial charge in [-0.2, -0.15) is 0 Å². The summed E-state index contributed by atoms with van der Waals surface area (Å²) in [6, 6.07) is 5.57. The van der Waals surface area contributed by atoms with Crippen molar-refractivity contribution in [3.63, 3.8) is 0 Å². The van der Waals surface area contributed by atoms with Crippen LogP contribution in [0.1, 0.15) is 39.2 Å². The number of nitro benzene ring substituents is 1. The van der Waals surface area contributed by atoms with Crippen molar-refractivity contribution in [2.45, 2.75) is 46.6 Å². The molecule has 0 amide bonds. The number of nitro groups is 1. The van der Waals surface area contributed by atoms with Crippen molar-refractivity contribution >= 4 is 11.4 Å². The Morgan fingerprint density at radius 2 is 1.94 bits per heavy atom. The molecular weight excluding hydrogens is 228 g/mol. The monoisotopic (exact) mass is 250 g/mol. The summed E-state index contributed by atoms with van der Waals surface area (Å²) in [6.07, 6.45) is 2.27. The van der Waals surface area contributed by atoms with E-state index in [9.17, 15) is 10.1 Å². The Morgan fingerprint density at radius 1 is 1.33 bits per heavy atom. The molecule has 0 heterocycles. The molecule has 18 heavy (non-hydrogen) atoms. The van der Waals surface area contributed by atoms with Gasteiger partial charge in [-0.3, -0.25) is 10.1 Å². The molecule has 0 bridgehead atoms. The third-order valence-corrected chi connectivity index (χ3v) is 3.54. The molecule has 4 heteroatoms. The van der Waals surface area contributed by atoms with E-state index in [-0.39, 0.29) is 10.6 Å². The molecule has 1 unspecified atom stereocenters. The molecule has 0 aromatic heterocycles. The summed E-state index contributed by atoms with van der Waals surface area (Å²) in [4.78, 5) is 10.4. The number of hydrogen-bond donors (Lipinski definition) is 1. The highest BCUT2D eigenvalue weighted by molar-refractivity contribution is 5.53. The van der Waals surface area contributed by atoms with E-state index in [1.54, 1.807) is 19.1 Å². The zero-order valence-electron chi connectivity index (χ0n) is 11.6. The Morgan fingerprint density at radius 3 is 2.39 bits per heavy atom. The first-order valence-electron chi connectivity index (χ1n) is 6.51. The second-order valence-corrected chi connectivity index (χ2v) is 4.77. The van der Waals surface area contributed by atoms with Gasteiger partial charge in [0.2, 0.25) is 0 Å². The van der Waals surface area contributed by atoms with E-state index in [4.69, 9.17) is 0 Å². The number of aryl methyl sites for hydroxylation is 1. The predicted molar refractivity (Wildman–Crippen MR) is 75.0 cm³/mol. The highest BCUT2D eigenvalue weighted by atomic mass is 16.6. The molecule has 1 aromatic rings. The molecule has 0 aliphatic carbocycles. The second kappa shape index (κ2) is 6.38. The minimum absolute atomic E-state index is 0.177. The van der Waals surface area contributed by atoms with Gasteiger partial charge in [0.15, 0.2) is 0 Å². The van der Waals surface area contributed by atoms with E-state index in [0.29, 0.717) is 17.5 Å². The van der Waals surface area contributed by atoms with Crippen LogP contribution in [-0.4, -0.2) is 11.0 Å². The van der Waals surface area contributed by atoms with Crippen LogP contribution in [0.3, 0.4) is 0 Å². The Hall–Kier alpha value is -1.58. The van der Waals surface area contributed by atoms with E-state index >= 15 is 0 Å². The lowest BCUT2D eigenvalue weighted by Gasteiger charge is -2.23. The molecule has 0 saturated heterocycles. The Labute approximate surface area is 109 Å². The first-order chi connectivity index (χ1) is 8.49. The molecule has 100 valence electrons. The molecular formula is C14H22N2O2. The maximum atomic E-state index is 10.7. The minimum Gasteiger partial charge on any atom is -0.382 e. The first-order valence-corrected chi connectivity index (χ1v) is 6.51. The van der Waals surface area contributed by atoms with Crippen LogP contribution in [0.2, 0.25) is 0 Å². The number of benzene rings is 1. The molecule has 0 saturated carbocycles. The molecule has 1 rings (SSSR count). The Bertz CT molecular complexity index is 414. The quantitative estimate of drug-likeness (QED) is 0.609. The van der Waals surface area contributed by atoms with Crippen LogP contribution in [0.15, 0.2) is 18.2 Å². The fourth-order valence-electron chi connectivity index (χ4n) is 2.33. The van der Waals surface area contributed by atoms with Crippen LogP contribution in [-0.2, 0) is 0 Å². The van der Waals surface area contributed by atoms with Crippen molar-refractivity contribution in [3.8, 4) is 0 Å². The van der Waals surface area contributed by atoms with Crippen LogP contribution in [0.4, 0.5) is 11.4 Å². The largest absolute Gasteiger partial charge is 0.382 e. The molecule has 0 fully saturated rings. The van der Waals surface area contributed by atoms with Crippen molar-refractivity contribution in [1.29, 1.82) is 0 Å². The summed E-state index contributed by atoms with van der Waals surface area (Å²) >= 11 is 0. The highest BCUT2D eigenvalue weighted by Crippen LogP contribution is 2.24. The summed E-state index contributed by atoms with van der Waals surface area (Å²) in [6.45, 7) is 8.31. The lowest BCUT2D eigenvalue weighted by atomic mass is 9.95. The lowest BCUT2D eigenvalue weighted by Crippen LogP contribution is -2.24. The second-order valence-electron chi connectivity index (χ2n) is 4.77. The Kier molecular flexibility index (Phi) is 5.13. The van der Waals surface area contributed by atoms with Gasteiger partial charge in [-0.15, -0.1) is 0 Å². The van der Waals surface area contributed by atoms with Gasteiger partial charge in [0.1, 0.15) is 0 Å². The van der Waals surface area contributed by atoms with Crippen molar-refractivity contribution < 1.29 is 4.92 Å². The topological polar surface area (TPSA) is 55.2 Å². The first kappa shape index (κ1) is 14.5. The maximum Gasteiger partial charge on any atom is 0.272 e. The molecule has 0 aliphatic rings. The molecule has 0 radical (unpaired) electrons. The summed E-state index contributed by atoms with van der Waals surface area (Å²) in [5, 5.41) is 14.2. The van der Waals surface area contributed by atoms with Gasteiger partial charge in [-0.25, -0.2) is 0 Å².